The van der Waals surface area contributed by atoms with Gasteiger partial charge >= 0.3 is 0 Å². The van der Waals surface area contributed by atoms with Crippen LogP contribution in [0.4, 0.5) is 0 Å². The number of unbranched alkanes of at least 4 members (excludes halogenated alkanes) is 15. The van der Waals surface area contributed by atoms with Gasteiger partial charge in [-0.25, -0.2) is 0 Å². The predicted octanol–water partition coefficient (Wildman–Crippen LogP) is 9.23. The number of hydrogen-bond acceptors (Lipinski definition) is 4. The quantitative estimate of drug-likeness (QED) is 0.195. The van der Waals surface area contributed by atoms with E-state index < -0.39 is 0 Å². The molecule has 0 saturated carbocycles. The fraction of sp³-hybridized carbons (Fsp3) is 0.750. The van der Waals surface area contributed by atoms with Crippen molar-refractivity contribution in [3.63, 3.8) is 0 Å². The first kappa shape index (κ1) is 29.0. The lowest BCUT2D eigenvalue weighted by molar-refractivity contribution is 0.0610. The largest absolute Gasteiger partial charge is 0.507 e. The number of carbonyl (C=O) groups is 1. The molecule has 32 heavy (non-hydrogen) atoms. The van der Waals surface area contributed by atoms with Crippen LogP contribution in [0.3, 0.4) is 0 Å². The molecule has 0 bridgehead atoms. The summed E-state index contributed by atoms with van der Waals surface area (Å²) in [4.78, 5) is 11.9. The van der Waals surface area contributed by atoms with Gasteiger partial charge in [-0.3, -0.25) is 4.79 Å². The molecule has 1 aromatic rings. The van der Waals surface area contributed by atoms with Gasteiger partial charge in [-0.05, 0) is 25.7 Å². The minimum Gasteiger partial charge on any atom is -0.507 e. The van der Waals surface area contributed by atoms with Crippen molar-refractivity contribution in [1.29, 1.82) is 0 Å². The number of carbonyl (C=O) groups excluding carboxylic acids is 1. The third-order valence-electron chi connectivity index (χ3n) is 6.28. The van der Waals surface area contributed by atoms with Crippen LogP contribution in [-0.4, -0.2) is 23.1 Å². The van der Waals surface area contributed by atoms with Crippen molar-refractivity contribution in [3.05, 3.63) is 29.3 Å². The van der Waals surface area contributed by atoms with Crippen molar-refractivity contribution in [2.75, 3.05) is 12.9 Å². The van der Waals surface area contributed by atoms with E-state index in [1.165, 1.54) is 96.3 Å². The van der Waals surface area contributed by atoms with Crippen LogP contribution in [0.25, 0.3) is 0 Å². The number of thioether (sulfide) groups is 1. The highest BCUT2D eigenvalue weighted by molar-refractivity contribution is 8.13. The molecule has 0 radical (unpaired) electrons. The van der Waals surface area contributed by atoms with E-state index in [0.717, 1.165) is 18.2 Å². The number of para-hydroxylation sites is 1. The van der Waals surface area contributed by atoms with Crippen molar-refractivity contribution in [2.45, 2.75) is 123 Å². The Balaban J connectivity index is 1.97. The van der Waals surface area contributed by atoms with Gasteiger partial charge in [-0.1, -0.05) is 127 Å². The van der Waals surface area contributed by atoms with Gasteiger partial charge in [0, 0.05) is 12.2 Å². The maximum Gasteiger partial charge on any atom is 0.222 e. The van der Waals surface area contributed by atoms with Crippen molar-refractivity contribution in [1.82, 2.24) is 0 Å². The van der Waals surface area contributed by atoms with Crippen LogP contribution in [0.2, 0.25) is 0 Å². The van der Waals surface area contributed by atoms with Crippen LogP contribution >= 0.6 is 11.8 Å². The lowest BCUT2D eigenvalue weighted by atomic mass is 10.0. The predicted molar refractivity (Wildman–Crippen MR) is 140 cm³/mol. The summed E-state index contributed by atoms with van der Waals surface area (Å²) in [5, 5.41) is 10.3. The van der Waals surface area contributed by atoms with Gasteiger partial charge in [0.15, 0.2) is 0 Å². The fourth-order valence-electron chi connectivity index (χ4n) is 4.16. The van der Waals surface area contributed by atoms with E-state index in [4.69, 9.17) is 4.74 Å². The number of phenols is 1. The highest BCUT2D eigenvalue weighted by atomic mass is 32.2. The van der Waals surface area contributed by atoms with Gasteiger partial charge in [-0.2, -0.15) is 0 Å². The number of benzene rings is 1. The molecule has 184 valence electrons. The lowest BCUT2D eigenvalue weighted by Crippen LogP contribution is -2.04. The molecule has 0 fully saturated rings. The normalized spacial score (nSPS) is 12.2. The molecule has 0 unspecified atom stereocenters. The van der Waals surface area contributed by atoms with Gasteiger partial charge in [0.1, 0.15) is 5.75 Å². The third kappa shape index (κ3) is 12.9. The summed E-state index contributed by atoms with van der Waals surface area (Å²) in [5.74, 6) is 0.0614. The summed E-state index contributed by atoms with van der Waals surface area (Å²) in [7, 11) is 0. The average molecular weight is 465 g/mol. The van der Waals surface area contributed by atoms with E-state index in [0.29, 0.717) is 17.7 Å². The maximum atomic E-state index is 11.9. The molecule has 0 aliphatic rings. The fourth-order valence-corrected chi connectivity index (χ4v) is 4.55. The minimum absolute atomic E-state index is 0.0614. The van der Waals surface area contributed by atoms with Crippen LogP contribution in [0.15, 0.2) is 18.2 Å². The molecule has 1 atom stereocenters. The van der Waals surface area contributed by atoms with Crippen LogP contribution in [-0.2, 0) is 4.74 Å². The molecule has 1 rings (SSSR count). The zero-order chi connectivity index (χ0) is 23.4. The first-order valence-electron chi connectivity index (χ1n) is 13.1. The molecule has 0 spiro atoms. The second-order valence-electron chi connectivity index (χ2n) is 9.05. The van der Waals surface area contributed by atoms with Gasteiger partial charge in [0.05, 0.1) is 11.7 Å². The smallest absolute Gasteiger partial charge is 0.222 e. The van der Waals surface area contributed by atoms with Crippen LogP contribution in [0.5, 0.6) is 5.75 Å². The van der Waals surface area contributed by atoms with E-state index in [1.54, 1.807) is 12.3 Å². The molecule has 1 aromatic carbocycles. The van der Waals surface area contributed by atoms with E-state index in [9.17, 15) is 9.90 Å². The topological polar surface area (TPSA) is 46.5 Å². The molecule has 0 heterocycles. The molecule has 0 aliphatic carbocycles. The maximum absolute atomic E-state index is 11.9. The van der Waals surface area contributed by atoms with E-state index in [1.807, 2.05) is 19.1 Å². The summed E-state index contributed by atoms with van der Waals surface area (Å²) < 4.78 is 5.92. The molecule has 1 N–H and O–H groups in total. The number of aromatic hydroxyl groups is 1. The molecule has 0 amide bonds. The molecule has 3 nitrogen and oxygen atoms in total. The Morgan fingerprint density at radius 1 is 0.844 bits per heavy atom. The summed E-state index contributed by atoms with van der Waals surface area (Å²) in [6, 6.07) is 5.32. The molecule has 0 saturated heterocycles. The van der Waals surface area contributed by atoms with Crippen molar-refractivity contribution < 1.29 is 14.6 Å². The zero-order valence-corrected chi connectivity index (χ0v) is 21.8. The number of phenolic OH excluding ortho intramolecular Hbond substituents is 1. The second kappa shape index (κ2) is 19.5. The number of ether oxygens (including phenoxy) is 1. The molecule has 0 aliphatic heterocycles. The van der Waals surface area contributed by atoms with Gasteiger partial charge in [0.2, 0.25) is 5.12 Å². The Morgan fingerprint density at radius 3 is 1.78 bits per heavy atom. The monoisotopic (exact) mass is 464 g/mol. The summed E-state index contributed by atoms with van der Waals surface area (Å²) >= 11 is 1.11. The SMILES string of the molecule is CCCCCCCCCCCCCCCCCCO[C@@H](C)c1cccc(C(=O)SC)c1O. The van der Waals surface area contributed by atoms with Gasteiger partial charge < -0.3 is 9.84 Å². The highest BCUT2D eigenvalue weighted by Gasteiger charge is 2.17. The first-order chi connectivity index (χ1) is 15.6. The van der Waals surface area contributed by atoms with Crippen molar-refractivity contribution in [2.24, 2.45) is 0 Å². The standard InChI is InChI=1S/C28H48O3S/c1-4-5-6-7-8-9-10-11-12-13-14-15-16-17-18-19-23-31-24(2)25-21-20-22-26(27(25)29)28(30)32-3/h20-22,24,29H,4-19,23H2,1-3H3/t24-/m0/s1. The number of hydrogen-bond donors (Lipinski definition) is 1. The Morgan fingerprint density at radius 2 is 1.31 bits per heavy atom. The second-order valence-corrected chi connectivity index (χ2v) is 9.83. The Kier molecular flexibility index (Phi) is 17.7. The Hall–Kier alpha value is -1.00. The van der Waals surface area contributed by atoms with Crippen molar-refractivity contribution in [3.8, 4) is 5.75 Å². The first-order valence-corrected chi connectivity index (χ1v) is 14.4. The lowest BCUT2D eigenvalue weighted by Gasteiger charge is -2.16. The minimum atomic E-state index is -0.207. The average Bonchev–Trinajstić information content (AvgIpc) is 2.80. The zero-order valence-electron chi connectivity index (χ0n) is 21.0. The van der Waals surface area contributed by atoms with E-state index in [2.05, 4.69) is 6.92 Å². The Bertz CT molecular complexity index is 602. The molecular formula is C28H48O3S. The third-order valence-corrected chi connectivity index (χ3v) is 6.87. The Labute approximate surface area is 202 Å². The van der Waals surface area contributed by atoms with Crippen molar-refractivity contribution >= 4 is 16.9 Å². The van der Waals surface area contributed by atoms with Gasteiger partial charge in [-0.15, -0.1) is 0 Å². The van der Waals surface area contributed by atoms with Crippen LogP contribution in [0, 0.1) is 0 Å². The van der Waals surface area contributed by atoms with E-state index in [-0.39, 0.29) is 17.0 Å². The number of rotatable bonds is 20. The molecular weight excluding hydrogens is 416 g/mol. The summed E-state index contributed by atoms with van der Waals surface area (Å²) in [5.41, 5.74) is 1.06. The summed E-state index contributed by atoms with van der Waals surface area (Å²) in [6.07, 6.45) is 23.3. The van der Waals surface area contributed by atoms with Gasteiger partial charge in [0.25, 0.3) is 0 Å². The summed E-state index contributed by atoms with van der Waals surface area (Å²) in [6.45, 7) is 4.91. The molecule has 4 heteroatoms. The van der Waals surface area contributed by atoms with Crippen LogP contribution < -0.4 is 0 Å². The molecule has 0 aromatic heterocycles. The van der Waals surface area contributed by atoms with E-state index >= 15 is 0 Å². The highest BCUT2D eigenvalue weighted by Crippen LogP contribution is 2.31. The van der Waals surface area contributed by atoms with Crippen LogP contribution in [0.1, 0.15) is 139 Å².